The standard InChI is InChI=1S/C24H29N5O3S/c1-12-20(23(31)27-11-14(30)10-26-13-3-4-13)16-6-7-17(22(16)28-12)21-18-9-15(33-25-2)5-8-19(18)29-24(21)32/h5,8-9,13-14,25-26,28,30H,3-4,6-7,10-11H2,1-2H3,(H,27,31)(H,29,32)/b21-17-. The van der Waals surface area contributed by atoms with Crippen LogP contribution in [0.3, 0.4) is 0 Å². The van der Waals surface area contributed by atoms with E-state index in [-0.39, 0.29) is 18.4 Å². The summed E-state index contributed by atoms with van der Waals surface area (Å²) in [4.78, 5) is 30.3. The highest BCUT2D eigenvalue weighted by molar-refractivity contribution is 7.97. The first-order valence-electron chi connectivity index (χ1n) is 11.4. The summed E-state index contributed by atoms with van der Waals surface area (Å²) in [6.07, 6.45) is 3.08. The van der Waals surface area contributed by atoms with Gasteiger partial charge in [-0.15, -0.1) is 0 Å². The Bertz CT molecular complexity index is 1150. The van der Waals surface area contributed by atoms with Gasteiger partial charge in [0.1, 0.15) is 0 Å². The number of carbonyl (C=O) groups excluding carboxylic acids is 2. The van der Waals surface area contributed by atoms with Crippen molar-refractivity contribution in [3.63, 3.8) is 0 Å². The Balaban J connectivity index is 1.39. The highest BCUT2D eigenvalue weighted by Crippen LogP contribution is 2.44. The third kappa shape index (κ3) is 4.33. The summed E-state index contributed by atoms with van der Waals surface area (Å²) in [5, 5.41) is 19.3. The average Bonchev–Trinajstić information content (AvgIpc) is 3.35. The van der Waals surface area contributed by atoms with Gasteiger partial charge in [0, 0.05) is 46.7 Å². The Kier molecular flexibility index (Phi) is 6.05. The molecule has 3 aliphatic rings. The van der Waals surface area contributed by atoms with Crippen molar-refractivity contribution in [2.75, 3.05) is 25.5 Å². The first-order valence-corrected chi connectivity index (χ1v) is 12.2. The molecule has 2 aromatic rings. The minimum atomic E-state index is -0.622. The molecule has 2 amide bonds. The number of amides is 2. The minimum Gasteiger partial charge on any atom is -0.390 e. The first-order chi connectivity index (χ1) is 16.0. The van der Waals surface area contributed by atoms with Crippen molar-refractivity contribution in [2.24, 2.45) is 0 Å². The molecule has 33 heavy (non-hydrogen) atoms. The molecular weight excluding hydrogens is 438 g/mol. The van der Waals surface area contributed by atoms with Crippen molar-refractivity contribution >= 4 is 40.6 Å². The second kappa shape index (κ2) is 8.98. The molecular formula is C24H29N5O3S. The topological polar surface area (TPSA) is 118 Å². The third-order valence-electron chi connectivity index (χ3n) is 6.42. The number of benzene rings is 1. The van der Waals surface area contributed by atoms with Crippen molar-refractivity contribution in [3.8, 4) is 0 Å². The summed E-state index contributed by atoms with van der Waals surface area (Å²) in [6.45, 7) is 2.56. The Labute approximate surface area is 197 Å². The smallest absolute Gasteiger partial charge is 0.256 e. The lowest BCUT2D eigenvalue weighted by atomic mass is 9.99. The van der Waals surface area contributed by atoms with Gasteiger partial charge in [0.05, 0.1) is 17.2 Å². The summed E-state index contributed by atoms with van der Waals surface area (Å²) in [7, 11) is 1.86. The minimum absolute atomic E-state index is 0.107. The number of aryl methyl sites for hydroxylation is 1. The van der Waals surface area contributed by atoms with Gasteiger partial charge in [0.15, 0.2) is 0 Å². The summed E-state index contributed by atoms with van der Waals surface area (Å²) in [6, 6.07) is 6.44. The fourth-order valence-corrected chi connectivity index (χ4v) is 5.25. The zero-order valence-corrected chi connectivity index (χ0v) is 19.6. The van der Waals surface area contributed by atoms with Gasteiger partial charge in [-0.2, -0.15) is 0 Å². The number of aliphatic hydroxyl groups excluding tert-OH is 1. The number of nitrogens with one attached hydrogen (secondary N) is 5. The summed E-state index contributed by atoms with van der Waals surface area (Å²) < 4.78 is 3.07. The number of rotatable bonds is 8. The van der Waals surface area contributed by atoms with Crippen LogP contribution in [-0.4, -0.2) is 54.2 Å². The van der Waals surface area contributed by atoms with Crippen LogP contribution >= 0.6 is 11.9 Å². The van der Waals surface area contributed by atoms with Crippen LogP contribution in [0.5, 0.6) is 0 Å². The normalized spacial score (nSPS) is 19.9. The second-order valence-electron chi connectivity index (χ2n) is 8.85. The van der Waals surface area contributed by atoms with Gasteiger partial charge in [0.2, 0.25) is 0 Å². The molecule has 5 rings (SSSR count). The van der Waals surface area contributed by atoms with Crippen LogP contribution in [0, 0.1) is 6.92 Å². The Hall–Kier alpha value is -2.59. The second-order valence-corrected chi connectivity index (χ2v) is 9.93. The number of H-pyrrole nitrogens is 1. The number of carbonyl (C=O) groups is 2. The van der Waals surface area contributed by atoms with E-state index < -0.39 is 6.10 Å². The first kappa shape index (κ1) is 22.2. The Morgan fingerprint density at radius 2 is 2.09 bits per heavy atom. The van der Waals surface area contributed by atoms with Crippen molar-refractivity contribution in [3.05, 3.63) is 46.3 Å². The van der Waals surface area contributed by atoms with E-state index in [1.807, 2.05) is 32.2 Å². The predicted molar refractivity (Wildman–Crippen MR) is 130 cm³/mol. The fraction of sp³-hybridized carbons (Fsp3) is 0.417. The van der Waals surface area contributed by atoms with Crippen LogP contribution in [0.4, 0.5) is 5.69 Å². The van der Waals surface area contributed by atoms with Gasteiger partial charge < -0.3 is 26.0 Å². The lowest BCUT2D eigenvalue weighted by Crippen LogP contribution is -2.39. The van der Waals surface area contributed by atoms with Gasteiger partial charge in [-0.1, -0.05) is 0 Å². The molecule has 1 fully saturated rings. The van der Waals surface area contributed by atoms with E-state index in [1.165, 1.54) is 11.9 Å². The molecule has 8 nitrogen and oxygen atoms in total. The van der Waals surface area contributed by atoms with Gasteiger partial charge in [-0.05, 0) is 80.9 Å². The zero-order valence-electron chi connectivity index (χ0n) is 18.8. The summed E-state index contributed by atoms with van der Waals surface area (Å²) in [5.41, 5.74) is 6.55. The van der Waals surface area contributed by atoms with Crippen LogP contribution in [0.25, 0.3) is 11.1 Å². The maximum absolute atomic E-state index is 13.0. The van der Waals surface area contributed by atoms with E-state index in [4.69, 9.17) is 0 Å². The van der Waals surface area contributed by atoms with Crippen molar-refractivity contribution in [2.45, 2.75) is 49.6 Å². The molecule has 0 spiro atoms. The number of aliphatic hydroxyl groups is 1. The zero-order chi connectivity index (χ0) is 23.1. The van der Waals surface area contributed by atoms with Crippen LogP contribution in [0.1, 0.15) is 52.1 Å². The molecule has 1 atom stereocenters. The molecule has 9 heteroatoms. The van der Waals surface area contributed by atoms with Crippen molar-refractivity contribution in [1.29, 1.82) is 0 Å². The lowest BCUT2D eigenvalue weighted by Gasteiger charge is -2.13. The highest BCUT2D eigenvalue weighted by Gasteiger charge is 2.34. The third-order valence-corrected chi connectivity index (χ3v) is 7.11. The molecule has 1 aliphatic heterocycles. The molecule has 2 aliphatic carbocycles. The molecule has 0 saturated heterocycles. The number of fused-ring (bicyclic) bond motifs is 2. The summed E-state index contributed by atoms with van der Waals surface area (Å²) in [5.74, 6) is -0.297. The monoisotopic (exact) mass is 467 g/mol. The molecule has 1 saturated carbocycles. The van der Waals surface area contributed by atoms with E-state index in [0.717, 1.165) is 51.5 Å². The fourth-order valence-electron chi connectivity index (χ4n) is 4.71. The number of aromatic amines is 1. The van der Waals surface area contributed by atoms with Gasteiger partial charge in [0.25, 0.3) is 11.8 Å². The van der Waals surface area contributed by atoms with Crippen molar-refractivity contribution < 1.29 is 14.7 Å². The van der Waals surface area contributed by atoms with Crippen molar-refractivity contribution in [1.82, 2.24) is 20.3 Å². The van der Waals surface area contributed by atoms with E-state index in [2.05, 4.69) is 25.7 Å². The molecule has 0 bridgehead atoms. The number of hydrogen-bond acceptors (Lipinski definition) is 6. The van der Waals surface area contributed by atoms with Gasteiger partial charge in [-0.25, -0.2) is 0 Å². The molecule has 0 radical (unpaired) electrons. The number of anilines is 1. The number of allylic oxidation sites excluding steroid dienone is 1. The quantitative estimate of drug-likeness (QED) is 0.262. The van der Waals surface area contributed by atoms with Gasteiger partial charge in [-0.3, -0.25) is 14.3 Å². The SMILES string of the molecule is CNSc1ccc2c(c1)/C(=C1\CCc3c1[nH]c(C)c3C(=O)NCC(O)CNC1CC1)C(=O)N2. The van der Waals surface area contributed by atoms with Gasteiger partial charge >= 0.3 is 0 Å². The van der Waals surface area contributed by atoms with E-state index in [1.54, 1.807) is 0 Å². The van der Waals surface area contributed by atoms with Crippen LogP contribution < -0.4 is 20.7 Å². The molecule has 6 N–H and O–H groups in total. The van der Waals surface area contributed by atoms with Crippen LogP contribution in [0.2, 0.25) is 0 Å². The van der Waals surface area contributed by atoms with E-state index in [0.29, 0.717) is 36.6 Å². The van der Waals surface area contributed by atoms with E-state index in [9.17, 15) is 14.7 Å². The van der Waals surface area contributed by atoms with Crippen LogP contribution in [-0.2, 0) is 11.2 Å². The highest BCUT2D eigenvalue weighted by atomic mass is 32.2. The predicted octanol–water partition coefficient (Wildman–Crippen LogP) is 2.20. The van der Waals surface area contributed by atoms with Crippen LogP contribution in [0.15, 0.2) is 23.1 Å². The number of aromatic nitrogens is 1. The molecule has 1 aromatic heterocycles. The maximum Gasteiger partial charge on any atom is 0.256 e. The molecule has 2 heterocycles. The lowest BCUT2D eigenvalue weighted by molar-refractivity contribution is -0.110. The molecule has 1 aromatic carbocycles. The molecule has 174 valence electrons. The Morgan fingerprint density at radius 3 is 2.85 bits per heavy atom. The Morgan fingerprint density at radius 1 is 1.27 bits per heavy atom. The average molecular weight is 468 g/mol. The number of hydrogen-bond donors (Lipinski definition) is 6. The largest absolute Gasteiger partial charge is 0.390 e. The molecule has 1 unspecified atom stereocenters. The summed E-state index contributed by atoms with van der Waals surface area (Å²) >= 11 is 1.50. The maximum atomic E-state index is 13.0. The van der Waals surface area contributed by atoms with E-state index >= 15 is 0 Å².